The van der Waals surface area contributed by atoms with Crippen molar-refractivity contribution in [1.82, 2.24) is 14.8 Å². The third kappa shape index (κ3) is 4.16. The molecule has 0 aliphatic heterocycles. The Bertz CT molecular complexity index is 1390. The molecule has 0 fully saturated rings. The number of hydrogen-bond donors (Lipinski definition) is 2. The minimum atomic E-state index is -4.73. The van der Waals surface area contributed by atoms with Crippen molar-refractivity contribution in [3.05, 3.63) is 63.4 Å². The summed E-state index contributed by atoms with van der Waals surface area (Å²) in [6.45, 7) is 1.84. The second-order valence-corrected chi connectivity index (χ2v) is 8.59. The van der Waals surface area contributed by atoms with Crippen LogP contribution in [-0.2, 0) is 13.2 Å². The number of rotatable bonds is 4. The molecular formula is C21H15ClF3N5O2S. The number of thiophene rings is 1. The van der Waals surface area contributed by atoms with Gasteiger partial charge in [0.05, 0.1) is 16.9 Å². The van der Waals surface area contributed by atoms with Crippen LogP contribution in [0.15, 0.2) is 36.5 Å². The molecular weight excluding hydrogens is 479 g/mol. The van der Waals surface area contributed by atoms with Crippen molar-refractivity contribution in [3.8, 4) is 11.1 Å². The minimum Gasteiger partial charge on any atom is -0.365 e. The molecule has 7 nitrogen and oxygen atoms in total. The molecule has 0 aliphatic rings. The molecule has 170 valence electrons. The maximum Gasteiger partial charge on any atom is 0.433 e. The number of halogens is 4. The molecule has 0 saturated heterocycles. The first-order valence-electron chi connectivity index (χ1n) is 9.37. The van der Waals surface area contributed by atoms with E-state index in [2.05, 4.69) is 15.4 Å². The Hall–Kier alpha value is -3.44. The SMILES string of the molecule is Cc1ccc(-c2cc(C(F)(F)F)nc3sc(C(N)=O)c(NC(=O)c4c(Cl)cnn4C)c23)cc1. The van der Waals surface area contributed by atoms with Gasteiger partial charge in [-0.3, -0.25) is 14.3 Å². The van der Waals surface area contributed by atoms with Crippen molar-refractivity contribution in [1.29, 1.82) is 0 Å². The first kappa shape index (κ1) is 22.7. The highest BCUT2D eigenvalue weighted by Gasteiger charge is 2.35. The highest BCUT2D eigenvalue weighted by atomic mass is 35.5. The number of fused-ring (bicyclic) bond motifs is 1. The zero-order chi connectivity index (χ0) is 24.1. The molecule has 3 aromatic heterocycles. The maximum atomic E-state index is 13.6. The number of alkyl halides is 3. The standard InChI is InChI=1S/C21H15ClF3N5O2S/c1-9-3-5-10(6-4-9)11-7-13(21(23,24)25)28-20-14(11)15(17(33-20)18(26)31)29-19(32)16-12(22)8-27-30(16)2/h3-8H,1-2H3,(H2,26,31)(H,29,32). The van der Waals surface area contributed by atoms with Crippen molar-refractivity contribution >= 4 is 50.7 Å². The lowest BCUT2D eigenvalue weighted by Gasteiger charge is -2.13. The predicted octanol–water partition coefficient (Wildman–Crippen LogP) is 5.03. The average molecular weight is 494 g/mol. The molecule has 0 spiro atoms. The Kier molecular flexibility index (Phi) is 5.62. The Balaban J connectivity index is 2.01. The fourth-order valence-electron chi connectivity index (χ4n) is 3.34. The zero-order valence-corrected chi connectivity index (χ0v) is 18.7. The van der Waals surface area contributed by atoms with Crippen LogP contribution in [0.4, 0.5) is 18.9 Å². The normalized spacial score (nSPS) is 11.7. The number of nitrogens with one attached hydrogen (secondary N) is 1. The van der Waals surface area contributed by atoms with Crippen LogP contribution in [0.3, 0.4) is 0 Å². The maximum absolute atomic E-state index is 13.6. The first-order chi connectivity index (χ1) is 15.5. The lowest BCUT2D eigenvalue weighted by molar-refractivity contribution is -0.140. The summed E-state index contributed by atoms with van der Waals surface area (Å²) < 4.78 is 42.0. The molecule has 0 bridgehead atoms. The van der Waals surface area contributed by atoms with Crippen LogP contribution in [0.2, 0.25) is 5.02 Å². The second kappa shape index (κ2) is 8.16. The summed E-state index contributed by atoms with van der Waals surface area (Å²) in [6.07, 6.45) is -3.46. The smallest absolute Gasteiger partial charge is 0.365 e. The molecule has 0 saturated carbocycles. The molecule has 0 atom stereocenters. The van der Waals surface area contributed by atoms with Crippen LogP contribution < -0.4 is 11.1 Å². The summed E-state index contributed by atoms with van der Waals surface area (Å²) in [6, 6.07) is 7.66. The number of anilines is 1. The Labute approximate surface area is 194 Å². The lowest BCUT2D eigenvalue weighted by atomic mass is 10.00. The summed E-state index contributed by atoms with van der Waals surface area (Å²) in [5, 5.41) is 6.70. The van der Waals surface area contributed by atoms with E-state index in [0.29, 0.717) is 16.9 Å². The number of primary amides is 1. The van der Waals surface area contributed by atoms with E-state index in [-0.39, 0.29) is 37.1 Å². The first-order valence-corrected chi connectivity index (χ1v) is 10.6. The Morgan fingerprint density at radius 1 is 1.21 bits per heavy atom. The van der Waals surface area contributed by atoms with E-state index in [1.165, 1.54) is 17.9 Å². The van der Waals surface area contributed by atoms with E-state index in [9.17, 15) is 22.8 Å². The monoisotopic (exact) mass is 493 g/mol. The molecule has 0 unspecified atom stereocenters. The quantitative estimate of drug-likeness (QED) is 0.416. The number of carbonyl (C=O) groups excluding carboxylic acids is 2. The fraction of sp³-hybridized carbons (Fsp3) is 0.143. The average Bonchev–Trinajstić information content (AvgIpc) is 3.27. The van der Waals surface area contributed by atoms with Gasteiger partial charge in [0.2, 0.25) is 0 Å². The van der Waals surface area contributed by atoms with Gasteiger partial charge < -0.3 is 11.1 Å². The van der Waals surface area contributed by atoms with Crippen molar-refractivity contribution < 1.29 is 22.8 Å². The number of aryl methyl sites for hydroxylation is 2. The van der Waals surface area contributed by atoms with Gasteiger partial charge in [0.25, 0.3) is 11.8 Å². The van der Waals surface area contributed by atoms with Crippen molar-refractivity contribution in [2.75, 3.05) is 5.32 Å². The number of carbonyl (C=O) groups is 2. The molecule has 0 radical (unpaired) electrons. The highest BCUT2D eigenvalue weighted by Crippen LogP contribution is 2.43. The van der Waals surface area contributed by atoms with E-state index < -0.39 is 23.7 Å². The van der Waals surface area contributed by atoms with Gasteiger partial charge in [0.15, 0.2) is 0 Å². The van der Waals surface area contributed by atoms with E-state index >= 15 is 0 Å². The number of pyridine rings is 1. The van der Waals surface area contributed by atoms with Crippen molar-refractivity contribution in [2.45, 2.75) is 13.1 Å². The lowest BCUT2D eigenvalue weighted by Crippen LogP contribution is -2.19. The summed E-state index contributed by atoms with van der Waals surface area (Å²) >= 11 is 6.71. The molecule has 1 aromatic carbocycles. The molecule has 2 amide bonds. The van der Waals surface area contributed by atoms with Crippen molar-refractivity contribution in [3.63, 3.8) is 0 Å². The number of hydrogen-bond acceptors (Lipinski definition) is 5. The molecule has 3 N–H and O–H groups in total. The van der Waals surface area contributed by atoms with E-state index in [0.717, 1.165) is 11.6 Å². The number of benzene rings is 1. The summed E-state index contributed by atoms with van der Waals surface area (Å²) in [5.41, 5.74) is 5.82. The van der Waals surface area contributed by atoms with Gasteiger partial charge in [-0.15, -0.1) is 11.3 Å². The molecule has 0 aliphatic carbocycles. The Morgan fingerprint density at radius 3 is 2.42 bits per heavy atom. The summed E-state index contributed by atoms with van der Waals surface area (Å²) in [5.74, 6) is -1.63. The molecule has 3 heterocycles. The van der Waals surface area contributed by atoms with Gasteiger partial charge in [-0.05, 0) is 24.1 Å². The summed E-state index contributed by atoms with van der Waals surface area (Å²) in [7, 11) is 1.50. The van der Waals surface area contributed by atoms with Gasteiger partial charge in [-0.25, -0.2) is 4.98 Å². The Morgan fingerprint density at radius 2 is 1.88 bits per heavy atom. The van der Waals surface area contributed by atoms with Gasteiger partial charge >= 0.3 is 6.18 Å². The number of amides is 2. The van der Waals surface area contributed by atoms with Gasteiger partial charge in [-0.1, -0.05) is 41.4 Å². The van der Waals surface area contributed by atoms with E-state index in [4.69, 9.17) is 17.3 Å². The molecule has 4 aromatic rings. The number of aromatic nitrogens is 3. The fourth-order valence-corrected chi connectivity index (χ4v) is 4.59. The third-order valence-electron chi connectivity index (χ3n) is 4.89. The number of nitrogens with zero attached hydrogens (tertiary/aromatic N) is 3. The van der Waals surface area contributed by atoms with E-state index in [1.807, 2.05) is 6.92 Å². The largest absolute Gasteiger partial charge is 0.433 e. The highest BCUT2D eigenvalue weighted by molar-refractivity contribution is 7.21. The minimum absolute atomic E-state index is 0.00296. The van der Waals surface area contributed by atoms with Crippen LogP contribution in [0.25, 0.3) is 21.3 Å². The number of nitrogens with two attached hydrogens (primary N) is 1. The molecule has 4 rings (SSSR count). The molecule has 12 heteroatoms. The van der Waals surface area contributed by atoms with Crippen LogP contribution in [0.5, 0.6) is 0 Å². The zero-order valence-electron chi connectivity index (χ0n) is 17.1. The van der Waals surface area contributed by atoms with Gasteiger partial charge in [0.1, 0.15) is 21.1 Å². The van der Waals surface area contributed by atoms with Crippen LogP contribution in [0, 0.1) is 6.92 Å². The second-order valence-electron chi connectivity index (χ2n) is 7.19. The molecule has 33 heavy (non-hydrogen) atoms. The van der Waals surface area contributed by atoms with Gasteiger partial charge in [0, 0.05) is 12.4 Å². The van der Waals surface area contributed by atoms with Crippen LogP contribution >= 0.6 is 22.9 Å². The van der Waals surface area contributed by atoms with Crippen LogP contribution in [-0.4, -0.2) is 26.6 Å². The summed E-state index contributed by atoms with van der Waals surface area (Å²) in [4.78, 5) is 28.6. The third-order valence-corrected chi connectivity index (χ3v) is 6.26. The van der Waals surface area contributed by atoms with Crippen molar-refractivity contribution in [2.24, 2.45) is 12.8 Å². The predicted molar refractivity (Wildman–Crippen MR) is 119 cm³/mol. The topological polar surface area (TPSA) is 103 Å². The van der Waals surface area contributed by atoms with E-state index in [1.54, 1.807) is 24.3 Å². The van der Waals surface area contributed by atoms with Crippen LogP contribution in [0.1, 0.15) is 31.4 Å². The van der Waals surface area contributed by atoms with Gasteiger partial charge in [-0.2, -0.15) is 18.3 Å².